The van der Waals surface area contributed by atoms with E-state index in [2.05, 4.69) is 15.3 Å². The van der Waals surface area contributed by atoms with Crippen molar-refractivity contribution in [1.82, 2.24) is 0 Å². The van der Waals surface area contributed by atoms with Crippen LogP contribution in [0, 0.1) is 0 Å². The number of carboxylic acids is 1. The molecule has 16 heavy (non-hydrogen) atoms. The third kappa shape index (κ3) is 2.25. The monoisotopic (exact) mass is 217 g/mol. The summed E-state index contributed by atoms with van der Waals surface area (Å²) in [5.41, 5.74) is 0.721. The molecular formula is C11H11N3O2. The van der Waals surface area contributed by atoms with Crippen LogP contribution in [0.3, 0.4) is 0 Å². The summed E-state index contributed by atoms with van der Waals surface area (Å²) in [6.07, 6.45) is 2.59. The molecular weight excluding hydrogens is 206 g/mol. The molecule has 2 rings (SSSR count). The molecule has 0 radical (unpaired) electrons. The van der Waals surface area contributed by atoms with Gasteiger partial charge in [0.1, 0.15) is 0 Å². The average molecular weight is 217 g/mol. The zero-order valence-corrected chi connectivity index (χ0v) is 8.55. The minimum atomic E-state index is -0.969. The Balaban J connectivity index is 2.24. The van der Waals surface area contributed by atoms with Gasteiger partial charge in [-0.3, -0.25) is 4.99 Å². The zero-order valence-electron chi connectivity index (χ0n) is 8.55. The van der Waals surface area contributed by atoms with E-state index < -0.39 is 5.97 Å². The minimum Gasteiger partial charge on any atom is -0.478 e. The SMILES string of the molecule is O=C(O)c1ccccc1NC1=NCCC=N1. The summed E-state index contributed by atoms with van der Waals surface area (Å²) in [5.74, 6) is -0.511. The Labute approximate surface area is 92.5 Å². The third-order valence-corrected chi connectivity index (χ3v) is 2.14. The lowest BCUT2D eigenvalue weighted by Gasteiger charge is -2.10. The van der Waals surface area contributed by atoms with Gasteiger partial charge in [0.25, 0.3) is 0 Å². The third-order valence-electron chi connectivity index (χ3n) is 2.14. The Morgan fingerprint density at radius 1 is 1.38 bits per heavy atom. The first-order valence-corrected chi connectivity index (χ1v) is 4.93. The minimum absolute atomic E-state index is 0.214. The van der Waals surface area contributed by atoms with Crippen molar-refractivity contribution in [2.45, 2.75) is 6.42 Å². The maximum absolute atomic E-state index is 10.9. The molecule has 0 unspecified atom stereocenters. The van der Waals surface area contributed by atoms with E-state index in [0.29, 0.717) is 18.2 Å². The van der Waals surface area contributed by atoms with Crippen LogP contribution >= 0.6 is 0 Å². The summed E-state index contributed by atoms with van der Waals surface area (Å²) in [6.45, 7) is 0.682. The first-order chi connectivity index (χ1) is 7.77. The number of hydrogen-bond acceptors (Lipinski definition) is 4. The van der Waals surface area contributed by atoms with Crippen molar-refractivity contribution in [3.63, 3.8) is 0 Å². The molecule has 0 saturated carbocycles. The van der Waals surface area contributed by atoms with Crippen LogP contribution in [-0.4, -0.2) is 29.8 Å². The summed E-state index contributed by atoms with van der Waals surface area (Å²) in [5, 5.41) is 11.9. The summed E-state index contributed by atoms with van der Waals surface area (Å²) in [7, 11) is 0. The molecule has 0 amide bonds. The number of aliphatic imine (C=N–C) groups is 2. The lowest BCUT2D eigenvalue weighted by Crippen LogP contribution is -2.15. The molecule has 1 aliphatic heterocycles. The van der Waals surface area contributed by atoms with Gasteiger partial charge < -0.3 is 10.4 Å². The molecule has 0 bridgehead atoms. The van der Waals surface area contributed by atoms with Crippen LogP contribution in [0.4, 0.5) is 5.69 Å². The number of rotatable bonds is 2. The fourth-order valence-electron chi connectivity index (χ4n) is 1.39. The van der Waals surface area contributed by atoms with Gasteiger partial charge in [-0.25, -0.2) is 9.79 Å². The molecule has 2 N–H and O–H groups in total. The van der Waals surface area contributed by atoms with Gasteiger partial charge in [0, 0.05) is 19.2 Å². The van der Waals surface area contributed by atoms with E-state index in [4.69, 9.17) is 5.11 Å². The van der Waals surface area contributed by atoms with Crippen molar-refractivity contribution < 1.29 is 9.90 Å². The van der Waals surface area contributed by atoms with Crippen molar-refractivity contribution in [1.29, 1.82) is 0 Å². The summed E-state index contributed by atoms with van der Waals surface area (Å²) < 4.78 is 0. The number of hydrogen-bond donors (Lipinski definition) is 2. The van der Waals surface area contributed by atoms with Gasteiger partial charge in [-0.1, -0.05) is 12.1 Å². The van der Waals surface area contributed by atoms with Gasteiger partial charge >= 0.3 is 5.97 Å². The Morgan fingerprint density at radius 3 is 2.88 bits per heavy atom. The maximum Gasteiger partial charge on any atom is 0.337 e. The van der Waals surface area contributed by atoms with E-state index >= 15 is 0 Å². The second-order valence-electron chi connectivity index (χ2n) is 3.28. The summed E-state index contributed by atoms with van der Waals surface area (Å²) >= 11 is 0. The Bertz CT molecular complexity index is 466. The Hall–Kier alpha value is -2.17. The lowest BCUT2D eigenvalue weighted by molar-refractivity contribution is 0.0698. The molecule has 1 aromatic rings. The number of nitrogens with zero attached hydrogens (tertiary/aromatic N) is 2. The number of para-hydroxylation sites is 1. The van der Waals surface area contributed by atoms with Crippen LogP contribution in [0.15, 0.2) is 34.3 Å². The van der Waals surface area contributed by atoms with E-state index in [1.54, 1.807) is 24.4 Å². The highest BCUT2D eigenvalue weighted by Gasteiger charge is 2.10. The van der Waals surface area contributed by atoms with Crippen molar-refractivity contribution in [3.8, 4) is 0 Å². The van der Waals surface area contributed by atoms with E-state index in [0.717, 1.165) is 6.42 Å². The molecule has 0 spiro atoms. The molecule has 82 valence electrons. The van der Waals surface area contributed by atoms with Crippen molar-refractivity contribution in [2.75, 3.05) is 11.9 Å². The van der Waals surface area contributed by atoms with Crippen LogP contribution in [0.25, 0.3) is 0 Å². The molecule has 0 fully saturated rings. The highest BCUT2D eigenvalue weighted by atomic mass is 16.4. The standard InChI is InChI=1S/C11H11N3O2/c15-10(16)8-4-1-2-5-9(8)14-11-12-6-3-7-13-11/h1-2,4-6H,3,7H2,(H,13,14)(H,15,16). The number of carboxylic acid groups (broad SMARTS) is 1. The number of benzene rings is 1. The van der Waals surface area contributed by atoms with Crippen molar-refractivity contribution in [3.05, 3.63) is 29.8 Å². The fraction of sp³-hybridized carbons (Fsp3) is 0.182. The van der Waals surface area contributed by atoms with Gasteiger partial charge in [0.2, 0.25) is 5.96 Å². The van der Waals surface area contributed by atoms with Crippen LogP contribution in [-0.2, 0) is 0 Å². The average Bonchev–Trinajstić information content (AvgIpc) is 2.31. The molecule has 5 nitrogen and oxygen atoms in total. The van der Waals surface area contributed by atoms with Gasteiger partial charge in [-0.2, -0.15) is 0 Å². The summed E-state index contributed by atoms with van der Waals surface area (Å²) in [4.78, 5) is 19.1. The van der Waals surface area contributed by atoms with Crippen LogP contribution < -0.4 is 5.32 Å². The molecule has 1 aromatic carbocycles. The smallest absolute Gasteiger partial charge is 0.337 e. The van der Waals surface area contributed by atoms with Crippen molar-refractivity contribution in [2.24, 2.45) is 9.98 Å². The van der Waals surface area contributed by atoms with Crippen LogP contribution in [0.2, 0.25) is 0 Å². The highest BCUT2D eigenvalue weighted by molar-refractivity contribution is 6.04. The molecule has 1 heterocycles. The number of guanidine groups is 1. The molecule has 1 aliphatic rings. The van der Waals surface area contributed by atoms with Crippen LogP contribution in [0.1, 0.15) is 16.8 Å². The van der Waals surface area contributed by atoms with E-state index in [1.807, 2.05) is 0 Å². The number of nitrogens with one attached hydrogen (secondary N) is 1. The molecule has 0 saturated heterocycles. The van der Waals surface area contributed by atoms with E-state index in [-0.39, 0.29) is 5.56 Å². The van der Waals surface area contributed by atoms with E-state index in [9.17, 15) is 4.79 Å². The molecule has 0 atom stereocenters. The molecule has 0 aliphatic carbocycles. The first-order valence-electron chi connectivity index (χ1n) is 4.93. The van der Waals surface area contributed by atoms with Crippen LogP contribution in [0.5, 0.6) is 0 Å². The van der Waals surface area contributed by atoms with Gasteiger partial charge in [-0.15, -0.1) is 0 Å². The lowest BCUT2D eigenvalue weighted by atomic mass is 10.2. The van der Waals surface area contributed by atoms with Gasteiger partial charge in [0.15, 0.2) is 0 Å². The molecule has 5 heteroatoms. The normalized spacial score (nSPS) is 14.4. The quantitative estimate of drug-likeness (QED) is 0.790. The first kappa shape index (κ1) is 10.4. The maximum atomic E-state index is 10.9. The van der Waals surface area contributed by atoms with Crippen molar-refractivity contribution >= 4 is 23.8 Å². The molecule has 0 aromatic heterocycles. The topological polar surface area (TPSA) is 74.0 Å². The fourth-order valence-corrected chi connectivity index (χ4v) is 1.39. The second kappa shape index (κ2) is 4.57. The number of carbonyl (C=O) groups is 1. The number of aromatic carboxylic acids is 1. The highest BCUT2D eigenvalue weighted by Crippen LogP contribution is 2.15. The zero-order chi connectivity index (χ0) is 11.4. The van der Waals surface area contributed by atoms with Gasteiger partial charge in [-0.05, 0) is 12.1 Å². The summed E-state index contributed by atoms with van der Waals surface area (Å²) in [6, 6.07) is 6.68. The largest absolute Gasteiger partial charge is 0.478 e. The Kier molecular flexibility index (Phi) is 2.95. The Morgan fingerprint density at radius 2 is 2.19 bits per heavy atom. The predicted molar refractivity (Wildman–Crippen MR) is 62.4 cm³/mol. The van der Waals surface area contributed by atoms with E-state index in [1.165, 1.54) is 6.07 Å². The number of anilines is 1. The predicted octanol–water partition coefficient (Wildman–Crippen LogP) is 1.63. The second-order valence-corrected chi connectivity index (χ2v) is 3.28. The van der Waals surface area contributed by atoms with Gasteiger partial charge in [0.05, 0.1) is 11.3 Å².